The quantitative estimate of drug-likeness (QED) is 0.831. The van der Waals surface area contributed by atoms with Gasteiger partial charge in [-0.25, -0.2) is 0 Å². The number of rotatable bonds is 2. The van der Waals surface area contributed by atoms with Crippen LogP contribution in [0.4, 0.5) is 0 Å². The van der Waals surface area contributed by atoms with Crippen LogP contribution in [-0.2, 0) is 0 Å². The highest BCUT2D eigenvalue weighted by atomic mass is 16.5. The minimum atomic E-state index is -0.116. The third kappa shape index (κ3) is 1.96. The third-order valence-electron chi connectivity index (χ3n) is 6.99. The lowest BCUT2D eigenvalue weighted by atomic mass is 9.55. The van der Waals surface area contributed by atoms with Crippen molar-refractivity contribution in [2.45, 2.75) is 51.0 Å². The van der Waals surface area contributed by atoms with Crippen molar-refractivity contribution in [1.29, 1.82) is 0 Å². The zero-order valence-electron chi connectivity index (χ0n) is 14.1. The van der Waals surface area contributed by atoms with Gasteiger partial charge in [-0.1, -0.05) is 12.1 Å². The molecular formula is C19H23NO4. The molecule has 1 aromatic rings. The Kier molecular flexibility index (Phi) is 3.44. The molecule has 2 fully saturated rings. The summed E-state index contributed by atoms with van der Waals surface area (Å²) in [7, 11) is 1.53. The number of phenols is 1. The van der Waals surface area contributed by atoms with Crippen molar-refractivity contribution >= 4 is 5.78 Å². The van der Waals surface area contributed by atoms with E-state index in [9.17, 15) is 14.8 Å². The van der Waals surface area contributed by atoms with Gasteiger partial charge in [-0.05, 0) is 66.5 Å². The summed E-state index contributed by atoms with van der Waals surface area (Å²) in [6.45, 7) is 2.18. The number of ketones is 1. The van der Waals surface area contributed by atoms with E-state index in [0.29, 0.717) is 29.6 Å². The van der Waals surface area contributed by atoms with E-state index in [1.807, 2.05) is 6.07 Å². The van der Waals surface area contributed by atoms with Gasteiger partial charge in [0.05, 0.1) is 13.2 Å². The SMILES string of the molecule is COc1cc2c(cc1O)C(=O)CC1C2CC[C@]2(C)C(N=O)CCC12. The van der Waals surface area contributed by atoms with E-state index < -0.39 is 0 Å². The maximum atomic E-state index is 12.7. The molecule has 2 saturated carbocycles. The average Bonchev–Trinajstić information content (AvgIpc) is 2.91. The first-order valence-corrected chi connectivity index (χ1v) is 8.76. The lowest BCUT2D eigenvalue weighted by Gasteiger charge is -2.49. The first kappa shape index (κ1) is 15.6. The molecule has 0 aromatic heterocycles. The summed E-state index contributed by atoms with van der Waals surface area (Å²) in [5.41, 5.74) is 1.58. The fraction of sp³-hybridized carbons (Fsp3) is 0.632. The van der Waals surface area contributed by atoms with Crippen molar-refractivity contribution < 1.29 is 14.6 Å². The van der Waals surface area contributed by atoms with Crippen molar-refractivity contribution in [2.75, 3.05) is 7.11 Å². The van der Waals surface area contributed by atoms with Crippen LogP contribution in [0.5, 0.6) is 11.5 Å². The molecule has 1 N–H and O–H groups in total. The molecule has 5 atom stereocenters. The van der Waals surface area contributed by atoms with Crippen LogP contribution in [0.1, 0.15) is 60.9 Å². The van der Waals surface area contributed by atoms with E-state index in [1.54, 1.807) is 6.07 Å². The lowest BCUT2D eigenvalue weighted by Crippen LogP contribution is -2.44. The maximum absolute atomic E-state index is 12.7. The van der Waals surface area contributed by atoms with Gasteiger partial charge < -0.3 is 9.84 Å². The van der Waals surface area contributed by atoms with E-state index in [2.05, 4.69) is 12.1 Å². The molecule has 3 aliphatic carbocycles. The van der Waals surface area contributed by atoms with Crippen LogP contribution in [0, 0.1) is 22.2 Å². The minimum absolute atomic E-state index is 0.0229. The molecule has 5 nitrogen and oxygen atoms in total. The highest BCUT2D eigenvalue weighted by molar-refractivity contribution is 5.99. The zero-order chi connectivity index (χ0) is 17.1. The Morgan fingerprint density at radius 3 is 2.79 bits per heavy atom. The fourth-order valence-electron chi connectivity index (χ4n) is 5.72. The van der Waals surface area contributed by atoms with Gasteiger partial charge in [0.25, 0.3) is 0 Å². The molecule has 0 amide bonds. The van der Waals surface area contributed by atoms with Crippen LogP contribution in [0.2, 0.25) is 0 Å². The number of benzene rings is 1. The number of aromatic hydroxyl groups is 1. The molecule has 5 heteroatoms. The van der Waals surface area contributed by atoms with Gasteiger partial charge in [0.2, 0.25) is 0 Å². The highest BCUT2D eigenvalue weighted by Gasteiger charge is 2.56. The smallest absolute Gasteiger partial charge is 0.163 e. The second-order valence-corrected chi connectivity index (χ2v) is 7.86. The molecule has 0 spiro atoms. The van der Waals surface area contributed by atoms with E-state index in [4.69, 9.17) is 4.74 Å². The number of carbonyl (C=O) groups excluding carboxylic acids is 1. The molecule has 1 aromatic carbocycles. The molecule has 24 heavy (non-hydrogen) atoms. The summed E-state index contributed by atoms with van der Waals surface area (Å²) in [4.78, 5) is 23.9. The standard InChI is InChI=1S/C19H23NO4/c1-19-6-5-10-11-9-17(24-2)16(22)8-13(11)15(21)7-12(10)14(19)3-4-18(19)20-23/h8-10,12,14,18,22H,3-7H2,1-2H3/t10?,12?,14?,18?,19-/m0/s1. The second-order valence-electron chi connectivity index (χ2n) is 7.86. The topological polar surface area (TPSA) is 76.0 Å². The average molecular weight is 329 g/mol. The molecular weight excluding hydrogens is 306 g/mol. The van der Waals surface area contributed by atoms with Crippen molar-refractivity contribution in [3.05, 3.63) is 28.2 Å². The normalized spacial score (nSPS) is 37.3. The lowest BCUT2D eigenvalue weighted by molar-refractivity contribution is 0.0454. The molecule has 0 aliphatic heterocycles. The van der Waals surface area contributed by atoms with Gasteiger partial charge in [0.15, 0.2) is 17.3 Å². The molecule has 0 bridgehead atoms. The van der Waals surface area contributed by atoms with E-state index in [-0.39, 0.29) is 28.9 Å². The number of methoxy groups -OCH3 is 1. The van der Waals surface area contributed by atoms with Crippen molar-refractivity contribution in [2.24, 2.45) is 22.4 Å². The molecule has 0 radical (unpaired) electrons. The number of Topliss-reactive ketones (excluding diaryl/α,β-unsaturated/α-hetero) is 1. The van der Waals surface area contributed by atoms with Gasteiger partial charge in [-0.15, -0.1) is 0 Å². The summed E-state index contributed by atoms with van der Waals surface area (Å²) in [5, 5.41) is 13.4. The molecule has 4 rings (SSSR count). The Labute approximate surface area is 141 Å². The predicted octanol–water partition coefficient (Wildman–Crippen LogP) is 4.03. The number of hydrogen-bond acceptors (Lipinski definition) is 5. The van der Waals surface area contributed by atoms with Crippen molar-refractivity contribution in [3.8, 4) is 11.5 Å². The van der Waals surface area contributed by atoms with Gasteiger partial charge in [0, 0.05) is 12.0 Å². The Morgan fingerprint density at radius 1 is 1.29 bits per heavy atom. The second kappa shape index (κ2) is 5.30. The van der Waals surface area contributed by atoms with Gasteiger partial charge >= 0.3 is 0 Å². The molecule has 0 saturated heterocycles. The van der Waals surface area contributed by atoms with E-state index in [1.165, 1.54) is 7.11 Å². The Balaban J connectivity index is 1.77. The Bertz CT molecular complexity index is 716. The van der Waals surface area contributed by atoms with E-state index >= 15 is 0 Å². The fourth-order valence-corrected chi connectivity index (χ4v) is 5.72. The maximum Gasteiger partial charge on any atom is 0.163 e. The van der Waals surface area contributed by atoms with Gasteiger partial charge in [-0.3, -0.25) is 4.79 Å². The summed E-state index contributed by atoms with van der Waals surface area (Å²) in [6.07, 6.45) is 4.25. The number of ether oxygens (including phenoxy) is 1. The number of carbonyl (C=O) groups is 1. The van der Waals surface area contributed by atoms with Crippen molar-refractivity contribution in [1.82, 2.24) is 0 Å². The first-order valence-electron chi connectivity index (χ1n) is 8.76. The monoisotopic (exact) mass is 329 g/mol. The number of nitroso groups, excluding NO2 is 1. The number of nitrogens with zero attached hydrogens (tertiary/aromatic N) is 1. The molecule has 4 unspecified atom stereocenters. The summed E-state index contributed by atoms with van der Waals surface area (Å²) >= 11 is 0. The highest BCUT2D eigenvalue weighted by Crippen LogP contribution is 2.61. The van der Waals surface area contributed by atoms with Gasteiger partial charge in [0.1, 0.15) is 0 Å². The molecule has 3 aliphatic rings. The summed E-state index contributed by atoms with van der Waals surface area (Å²) in [5.74, 6) is 1.48. The van der Waals surface area contributed by atoms with Crippen LogP contribution < -0.4 is 4.74 Å². The van der Waals surface area contributed by atoms with E-state index in [0.717, 1.165) is 31.2 Å². The van der Waals surface area contributed by atoms with Gasteiger partial charge in [-0.2, -0.15) is 4.91 Å². The number of fused-ring (bicyclic) bond motifs is 5. The largest absolute Gasteiger partial charge is 0.504 e. The predicted molar refractivity (Wildman–Crippen MR) is 89.5 cm³/mol. The Morgan fingerprint density at radius 2 is 2.08 bits per heavy atom. The van der Waals surface area contributed by atoms with Crippen LogP contribution in [0.25, 0.3) is 0 Å². The minimum Gasteiger partial charge on any atom is -0.504 e. The summed E-state index contributed by atoms with van der Waals surface area (Å²) in [6, 6.07) is 3.28. The first-order chi connectivity index (χ1) is 11.5. The third-order valence-corrected chi connectivity index (χ3v) is 6.99. The van der Waals surface area contributed by atoms with Crippen LogP contribution in [0.3, 0.4) is 0 Å². The van der Waals surface area contributed by atoms with Crippen LogP contribution in [0.15, 0.2) is 17.3 Å². The van der Waals surface area contributed by atoms with Crippen LogP contribution in [-0.4, -0.2) is 24.0 Å². The molecule has 0 heterocycles. The zero-order valence-corrected chi connectivity index (χ0v) is 14.1. The Hall–Kier alpha value is -1.91. The molecule has 128 valence electrons. The van der Waals surface area contributed by atoms with Crippen molar-refractivity contribution in [3.63, 3.8) is 0 Å². The number of phenolic OH excluding ortho intramolecular Hbond substituents is 1. The van der Waals surface area contributed by atoms with Crippen LogP contribution >= 0.6 is 0 Å². The summed E-state index contributed by atoms with van der Waals surface area (Å²) < 4.78 is 5.25. The number of hydrogen-bond donors (Lipinski definition) is 1.